The molecule has 1 atom stereocenters. The SMILES string of the molecule is CCCn1c(CC(C)(C(=O)O)C(C)C)nc2ccccc21. The van der Waals surface area contributed by atoms with Crippen molar-refractivity contribution in [2.45, 2.75) is 47.1 Å². The van der Waals surface area contributed by atoms with Crippen molar-refractivity contribution in [1.29, 1.82) is 0 Å². The number of benzene rings is 1. The largest absolute Gasteiger partial charge is 0.481 e. The highest BCUT2D eigenvalue weighted by atomic mass is 16.4. The minimum absolute atomic E-state index is 0.0462. The Morgan fingerprint density at radius 2 is 2.05 bits per heavy atom. The fourth-order valence-electron chi connectivity index (χ4n) is 2.59. The molecule has 0 aliphatic heterocycles. The molecule has 2 rings (SSSR count). The summed E-state index contributed by atoms with van der Waals surface area (Å²) in [5, 5.41) is 9.62. The van der Waals surface area contributed by atoms with Crippen molar-refractivity contribution in [2.24, 2.45) is 11.3 Å². The summed E-state index contributed by atoms with van der Waals surface area (Å²) in [6, 6.07) is 8.00. The Labute approximate surface area is 125 Å². The standard InChI is InChI=1S/C17H24N2O2/c1-5-10-19-14-9-7-6-8-13(14)18-15(19)11-17(4,12(2)3)16(20)21/h6-9,12H,5,10-11H2,1-4H3,(H,20,21). The summed E-state index contributed by atoms with van der Waals surface area (Å²) in [4.78, 5) is 16.4. The van der Waals surface area contributed by atoms with Crippen molar-refractivity contribution in [3.8, 4) is 0 Å². The highest BCUT2D eigenvalue weighted by Gasteiger charge is 2.38. The van der Waals surface area contributed by atoms with Gasteiger partial charge in [-0.25, -0.2) is 4.98 Å². The average Bonchev–Trinajstić information content (AvgIpc) is 2.77. The second-order valence-electron chi connectivity index (χ2n) is 6.22. The molecule has 0 saturated carbocycles. The van der Waals surface area contributed by atoms with Crippen LogP contribution in [0.25, 0.3) is 11.0 Å². The Hall–Kier alpha value is -1.84. The van der Waals surface area contributed by atoms with Gasteiger partial charge in [0.25, 0.3) is 0 Å². The van der Waals surface area contributed by atoms with E-state index in [1.165, 1.54) is 0 Å². The smallest absolute Gasteiger partial charge is 0.310 e. The summed E-state index contributed by atoms with van der Waals surface area (Å²) in [5.74, 6) is 0.161. The van der Waals surface area contributed by atoms with E-state index in [-0.39, 0.29) is 5.92 Å². The normalized spacial score (nSPS) is 14.5. The third-order valence-electron chi connectivity index (χ3n) is 4.47. The van der Waals surface area contributed by atoms with Crippen LogP contribution >= 0.6 is 0 Å². The molecule has 0 saturated heterocycles. The number of nitrogens with zero attached hydrogens (tertiary/aromatic N) is 2. The molecule has 21 heavy (non-hydrogen) atoms. The predicted molar refractivity (Wildman–Crippen MR) is 84.3 cm³/mol. The number of rotatable bonds is 6. The highest BCUT2D eigenvalue weighted by Crippen LogP contribution is 2.32. The lowest BCUT2D eigenvalue weighted by Crippen LogP contribution is -2.36. The topological polar surface area (TPSA) is 55.1 Å². The molecule has 1 N–H and O–H groups in total. The Bertz CT molecular complexity index is 645. The Kier molecular flexibility index (Phi) is 4.35. The van der Waals surface area contributed by atoms with Crippen molar-refractivity contribution < 1.29 is 9.90 Å². The molecular formula is C17H24N2O2. The van der Waals surface area contributed by atoms with Crippen molar-refractivity contribution in [3.63, 3.8) is 0 Å². The summed E-state index contributed by atoms with van der Waals surface area (Å²) >= 11 is 0. The van der Waals surface area contributed by atoms with E-state index in [9.17, 15) is 9.90 Å². The lowest BCUT2D eigenvalue weighted by Gasteiger charge is -2.29. The van der Waals surface area contributed by atoms with Crippen LogP contribution in [-0.2, 0) is 17.8 Å². The highest BCUT2D eigenvalue weighted by molar-refractivity contribution is 5.77. The predicted octanol–water partition coefficient (Wildman–Crippen LogP) is 3.74. The molecule has 0 aliphatic carbocycles. The molecule has 4 heteroatoms. The van der Waals surface area contributed by atoms with Crippen LogP contribution in [0.15, 0.2) is 24.3 Å². The van der Waals surface area contributed by atoms with Gasteiger partial charge in [-0.2, -0.15) is 0 Å². The molecule has 4 nitrogen and oxygen atoms in total. The number of aromatic nitrogens is 2. The van der Waals surface area contributed by atoms with Gasteiger partial charge in [0.2, 0.25) is 0 Å². The zero-order chi connectivity index (χ0) is 15.6. The first-order chi connectivity index (χ1) is 9.90. The summed E-state index contributed by atoms with van der Waals surface area (Å²) in [7, 11) is 0. The monoisotopic (exact) mass is 288 g/mol. The van der Waals surface area contributed by atoms with Gasteiger partial charge in [-0.05, 0) is 31.4 Å². The fraction of sp³-hybridized carbons (Fsp3) is 0.529. The first-order valence-electron chi connectivity index (χ1n) is 7.57. The third kappa shape index (κ3) is 2.80. The van der Waals surface area contributed by atoms with Crippen LogP contribution in [0, 0.1) is 11.3 Å². The summed E-state index contributed by atoms with van der Waals surface area (Å²) in [6.45, 7) is 8.72. The number of imidazole rings is 1. The number of carboxylic acids is 1. The third-order valence-corrected chi connectivity index (χ3v) is 4.47. The number of hydrogen-bond donors (Lipinski definition) is 1. The van der Waals surface area contributed by atoms with Crippen LogP contribution < -0.4 is 0 Å². The van der Waals surface area contributed by atoms with E-state index in [2.05, 4.69) is 22.5 Å². The minimum Gasteiger partial charge on any atom is -0.481 e. The van der Waals surface area contributed by atoms with Gasteiger partial charge in [-0.3, -0.25) is 4.79 Å². The number of carbonyl (C=O) groups is 1. The quantitative estimate of drug-likeness (QED) is 0.881. The second kappa shape index (κ2) is 5.88. The van der Waals surface area contributed by atoms with Gasteiger partial charge < -0.3 is 9.67 Å². The lowest BCUT2D eigenvalue weighted by molar-refractivity contribution is -0.150. The molecule has 1 unspecified atom stereocenters. The van der Waals surface area contributed by atoms with Crippen LogP contribution in [0.2, 0.25) is 0 Å². The fourth-order valence-corrected chi connectivity index (χ4v) is 2.59. The number of fused-ring (bicyclic) bond motifs is 1. The molecule has 0 spiro atoms. The zero-order valence-electron chi connectivity index (χ0n) is 13.3. The molecule has 1 heterocycles. The molecule has 0 aliphatic rings. The van der Waals surface area contributed by atoms with Crippen LogP contribution in [0.3, 0.4) is 0 Å². The summed E-state index contributed by atoms with van der Waals surface area (Å²) in [5.41, 5.74) is 1.23. The number of aryl methyl sites for hydroxylation is 1. The molecule has 2 aromatic rings. The summed E-state index contributed by atoms with van der Waals surface area (Å²) < 4.78 is 2.17. The van der Waals surface area contributed by atoms with E-state index < -0.39 is 11.4 Å². The maximum Gasteiger partial charge on any atom is 0.310 e. The number of carboxylic acid groups (broad SMARTS) is 1. The molecule has 1 aromatic carbocycles. The van der Waals surface area contributed by atoms with Gasteiger partial charge in [-0.1, -0.05) is 32.9 Å². The Balaban J connectivity index is 2.50. The molecule has 0 bridgehead atoms. The van der Waals surface area contributed by atoms with Crippen molar-refractivity contribution in [1.82, 2.24) is 9.55 Å². The Morgan fingerprint density at radius 1 is 1.38 bits per heavy atom. The van der Waals surface area contributed by atoms with Gasteiger partial charge in [-0.15, -0.1) is 0 Å². The molecular weight excluding hydrogens is 264 g/mol. The minimum atomic E-state index is -0.799. The molecule has 0 amide bonds. The average molecular weight is 288 g/mol. The van der Waals surface area contributed by atoms with Gasteiger partial charge in [0.15, 0.2) is 0 Å². The maximum atomic E-state index is 11.7. The molecule has 114 valence electrons. The first-order valence-corrected chi connectivity index (χ1v) is 7.57. The van der Waals surface area contributed by atoms with Gasteiger partial charge in [0.1, 0.15) is 5.82 Å². The van der Waals surface area contributed by atoms with E-state index in [4.69, 9.17) is 0 Å². The van der Waals surface area contributed by atoms with Gasteiger partial charge >= 0.3 is 5.97 Å². The molecule has 0 fully saturated rings. The van der Waals surface area contributed by atoms with Gasteiger partial charge in [0.05, 0.1) is 16.4 Å². The number of aliphatic carboxylic acids is 1. The summed E-state index contributed by atoms with van der Waals surface area (Å²) in [6.07, 6.45) is 1.45. The van der Waals surface area contributed by atoms with Crippen molar-refractivity contribution >= 4 is 17.0 Å². The molecule has 1 aromatic heterocycles. The van der Waals surface area contributed by atoms with E-state index in [0.717, 1.165) is 29.8 Å². The van der Waals surface area contributed by atoms with E-state index in [0.29, 0.717) is 6.42 Å². The van der Waals surface area contributed by atoms with Crippen LogP contribution in [0.4, 0.5) is 0 Å². The zero-order valence-corrected chi connectivity index (χ0v) is 13.3. The molecule has 0 radical (unpaired) electrons. The van der Waals surface area contributed by atoms with Crippen molar-refractivity contribution in [2.75, 3.05) is 0 Å². The maximum absolute atomic E-state index is 11.7. The van der Waals surface area contributed by atoms with E-state index >= 15 is 0 Å². The Morgan fingerprint density at radius 3 is 2.62 bits per heavy atom. The van der Waals surface area contributed by atoms with Crippen LogP contribution in [-0.4, -0.2) is 20.6 Å². The van der Waals surface area contributed by atoms with E-state index in [1.807, 2.05) is 39.0 Å². The lowest BCUT2D eigenvalue weighted by atomic mass is 9.76. The first kappa shape index (κ1) is 15.5. The van der Waals surface area contributed by atoms with E-state index in [1.54, 1.807) is 0 Å². The van der Waals surface area contributed by atoms with Crippen LogP contribution in [0.1, 0.15) is 39.9 Å². The number of hydrogen-bond acceptors (Lipinski definition) is 2. The van der Waals surface area contributed by atoms with Crippen LogP contribution in [0.5, 0.6) is 0 Å². The second-order valence-corrected chi connectivity index (χ2v) is 6.22. The van der Waals surface area contributed by atoms with Crippen molar-refractivity contribution in [3.05, 3.63) is 30.1 Å². The number of para-hydroxylation sites is 2. The van der Waals surface area contributed by atoms with Gasteiger partial charge in [0, 0.05) is 13.0 Å².